The van der Waals surface area contributed by atoms with E-state index in [1.807, 2.05) is 26.6 Å². The lowest BCUT2D eigenvalue weighted by atomic mass is 10.0. The van der Waals surface area contributed by atoms with Gasteiger partial charge in [0.25, 0.3) is 0 Å². The zero-order chi connectivity index (χ0) is 17.7. The van der Waals surface area contributed by atoms with Gasteiger partial charge in [-0.3, -0.25) is 4.90 Å². The van der Waals surface area contributed by atoms with Crippen molar-refractivity contribution in [3.05, 3.63) is 0 Å². The lowest BCUT2D eigenvalue weighted by Crippen LogP contribution is -2.45. The van der Waals surface area contributed by atoms with Gasteiger partial charge in [-0.05, 0) is 26.1 Å². The van der Waals surface area contributed by atoms with Crippen molar-refractivity contribution in [3.8, 4) is 6.07 Å². The SMILES string of the molecule is CCCCOC(=O)N1C[C@](C#N)(O[Si](C)(C)C)C[C@H]1C(=O)OC. The highest BCUT2D eigenvalue weighted by atomic mass is 28.4. The maximum Gasteiger partial charge on any atom is 0.410 e. The second kappa shape index (κ2) is 7.79. The molecule has 23 heavy (non-hydrogen) atoms. The van der Waals surface area contributed by atoms with E-state index in [9.17, 15) is 14.9 Å². The number of nitrogens with zero attached hydrogens (tertiary/aromatic N) is 2. The van der Waals surface area contributed by atoms with Crippen molar-refractivity contribution in [1.82, 2.24) is 4.90 Å². The lowest BCUT2D eigenvalue weighted by molar-refractivity contribution is -0.145. The number of hydrogen-bond acceptors (Lipinski definition) is 6. The van der Waals surface area contributed by atoms with E-state index in [1.54, 1.807) is 0 Å². The van der Waals surface area contributed by atoms with E-state index >= 15 is 0 Å². The lowest BCUT2D eigenvalue weighted by Gasteiger charge is -2.29. The fourth-order valence-corrected chi connectivity index (χ4v) is 3.93. The summed E-state index contributed by atoms with van der Waals surface area (Å²) in [5.41, 5.74) is -1.19. The number of amides is 1. The average Bonchev–Trinajstić information content (AvgIpc) is 2.85. The standard InChI is InChI=1S/C15H26N2O5Si/c1-6-7-8-21-14(19)17-11-15(10-16,22-23(3,4)5)9-12(17)13(18)20-2/h12H,6-9,11H2,1-5H3/t12-,15-/m0/s1. The van der Waals surface area contributed by atoms with Gasteiger partial charge in [0.2, 0.25) is 0 Å². The molecule has 1 aliphatic heterocycles. The monoisotopic (exact) mass is 342 g/mol. The molecule has 0 N–H and O–H groups in total. The third-order valence-corrected chi connectivity index (χ3v) is 4.46. The van der Waals surface area contributed by atoms with Gasteiger partial charge in [0, 0.05) is 6.42 Å². The first kappa shape index (κ1) is 19.5. The molecule has 0 unspecified atom stereocenters. The van der Waals surface area contributed by atoms with Crippen LogP contribution in [0.2, 0.25) is 19.6 Å². The highest BCUT2D eigenvalue weighted by molar-refractivity contribution is 6.69. The van der Waals surface area contributed by atoms with Crippen LogP contribution in [0.5, 0.6) is 0 Å². The topological polar surface area (TPSA) is 88.9 Å². The number of unbranched alkanes of at least 4 members (excludes halogenated alkanes) is 1. The summed E-state index contributed by atoms with van der Waals surface area (Å²) in [5, 5.41) is 9.58. The molecule has 0 spiro atoms. The molecule has 1 saturated heterocycles. The average molecular weight is 342 g/mol. The minimum atomic E-state index is -2.04. The molecule has 7 nitrogen and oxygen atoms in total. The van der Waals surface area contributed by atoms with Gasteiger partial charge < -0.3 is 13.9 Å². The Morgan fingerprint density at radius 3 is 2.52 bits per heavy atom. The zero-order valence-corrected chi connectivity index (χ0v) is 15.5. The molecular formula is C15H26N2O5Si. The predicted octanol–water partition coefficient (Wildman–Crippen LogP) is 2.28. The molecule has 2 atom stereocenters. The Bertz CT molecular complexity index is 485. The number of carbonyl (C=O) groups excluding carboxylic acids is 2. The Labute approximate surface area is 138 Å². The quantitative estimate of drug-likeness (QED) is 0.418. The van der Waals surface area contributed by atoms with Crippen molar-refractivity contribution >= 4 is 20.4 Å². The van der Waals surface area contributed by atoms with E-state index in [4.69, 9.17) is 13.9 Å². The van der Waals surface area contributed by atoms with Gasteiger partial charge in [-0.25, -0.2) is 9.59 Å². The molecule has 8 heteroatoms. The number of esters is 1. The van der Waals surface area contributed by atoms with Gasteiger partial charge >= 0.3 is 12.1 Å². The summed E-state index contributed by atoms with van der Waals surface area (Å²) in [6, 6.07) is 1.29. The van der Waals surface area contributed by atoms with Crippen LogP contribution >= 0.6 is 0 Å². The minimum Gasteiger partial charge on any atom is -0.467 e. The third-order valence-electron chi connectivity index (χ3n) is 3.46. The maximum absolute atomic E-state index is 12.3. The molecule has 0 aromatic rings. The fraction of sp³-hybridized carbons (Fsp3) is 0.800. The van der Waals surface area contributed by atoms with Crippen molar-refractivity contribution < 1.29 is 23.5 Å². The van der Waals surface area contributed by atoms with Crippen molar-refractivity contribution in [3.63, 3.8) is 0 Å². The molecular weight excluding hydrogens is 316 g/mol. The molecule has 1 amide bonds. The summed E-state index contributed by atoms with van der Waals surface area (Å²) >= 11 is 0. The van der Waals surface area contributed by atoms with E-state index in [2.05, 4.69) is 6.07 Å². The Morgan fingerprint density at radius 2 is 2.04 bits per heavy atom. The number of carbonyl (C=O) groups is 2. The largest absolute Gasteiger partial charge is 0.467 e. The van der Waals surface area contributed by atoms with E-state index < -0.39 is 32.0 Å². The Kier molecular flexibility index (Phi) is 6.59. The van der Waals surface area contributed by atoms with E-state index in [0.717, 1.165) is 12.8 Å². The van der Waals surface area contributed by atoms with Gasteiger partial charge in [0.05, 0.1) is 26.3 Å². The van der Waals surface area contributed by atoms with Crippen molar-refractivity contribution in [1.29, 1.82) is 5.26 Å². The second-order valence-electron chi connectivity index (χ2n) is 6.66. The summed E-state index contributed by atoms with van der Waals surface area (Å²) in [6.07, 6.45) is 1.14. The van der Waals surface area contributed by atoms with Crippen molar-refractivity contribution in [2.24, 2.45) is 0 Å². The number of ether oxygens (including phenoxy) is 2. The van der Waals surface area contributed by atoms with Gasteiger partial charge in [0.1, 0.15) is 6.04 Å². The van der Waals surface area contributed by atoms with Crippen LogP contribution < -0.4 is 0 Å². The van der Waals surface area contributed by atoms with Gasteiger partial charge in [-0.1, -0.05) is 13.3 Å². The van der Waals surface area contributed by atoms with Crippen molar-refractivity contribution in [2.45, 2.75) is 57.5 Å². The molecule has 1 aliphatic rings. The smallest absolute Gasteiger partial charge is 0.410 e. The first-order valence-corrected chi connectivity index (χ1v) is 11.2. The Balaban J connectivity index is 2.96. The van der Waals surface area contributed by atoms with E-state index in [0.29, 0.717) is 0 Å². The molecule has 0 aliphatic carbocycles. The third kappa shape index (κ3) is 5.22. The first-order valence-electron chi connectivity index (χ1n) is 7.80. The molecule has 0 aromatic heterocycles. The summed E-state index contributed by atoms with van der Waals surface area (Å²) < 4.78 is 15.9. The minimum absolute atomic E-state index is 0.0124. The second-order valence-corrected chi connectivity index (χ2v) is 11.1. The Hall–Kier alpha value is -1.59. The summed E-state index contributed by atoms with van der Waals surface area (Å²) in [7, 11) is -0.780. The molecule has 1 rings (SSSR count). The predicted molar refractivity (Wildman–Crippen MR) is 86.2 cm³/mol. The molecule has 130 valence electrons. The van der Waals surface area contributed by atoms with Gasteiger partial charge in [0.15, 0.2) is 13.9 Å². The van der Waals surface area contributed by atoms with Gasteiger partial charge in [-0.15, -0.1) is 0 Å². The Morgan fingerprint density at radius 1 is 1.39 bits per heavy atom. The summed E-state index contributed by atoms with van der Waals surface area (Å²) in [5.74, 6) is -0.561. The van der Waals surface area contributed by atoms with Crippen molar-refractivity contribution in [2.75, 3.05) is 20.3 Å². The first-order chi connectivity index (χ1) is 10.7. The van der Waals surface area contributed by atoms with Crippen LogP contribution in [-0.4, -0.2) is 57.2 Å². The molecule has 1 heterocycles. The van der Waals surface area contributed by atoms with E-state index in [-0.39, 0.29) is 19.6 Å². The molecule has 0 aromatic carbocycles. The number of hydrogen-bond donors (Lipinski definition) is 0. The molecule has 0 radical (unpaired) electrons. The van der Waals surface area contributed by atoms with Crippen LogP contribution in [0.1, 0.15) is 26.2 Å². The highest BCUT2D eigenvalue weighted by Gasteiger charge is 2.52. The maximum atomic E-state index is 12.3. The van der Waals surface area contributed by atoms with Crippen LogP contribution in [0.4, 0.5) is 4.79 Å². The van der Waals surface area contributed by atoms with E-state index in [1.165, 1.54) is 12.0 Å². The number of rotatable bonds is 6. The van der Waals surface area contributed by atoms with Crippen LogP contribution in [0.3, 0.4) is 0 Å². The molecule has 0 bridgehead atoms. The zero-order valence-electron chi connectivity index (χ0n) is 14.5. The number of nitriles is 1. The normalized spacial score (nSPS) is 24.2. The van der Waals surface area contributed by atoms with Crippen LogP contribution in [-0.2, 0) is 18.7 Å². The number of likely N-dealkylation sites (tertiary alicyclic amines) is 1. The molecule has 1 fully saturated rings. The van der Waals surface area contributed by atoms with Crippen LogP contribution in [0.25, 0.3) is 0 Å². The van der Waals surface area contributed by atoms with Crippen LogP contribution in [0, 0.1) is 11.3 Å². The number of methoxy groups -OCH3 is 1. The molecule has 0 saturated carbocycles. The highest BCUT2D eigenvalue weighted by Crippen LogP contribution is 2.34. The fourth-order valence-electron chi connectivity index (χ4n) is 2.56. The van der Waals surface area contributed by atoms with Gasteiger partial charge in [-0.2, -0.15) is 5.26 Å². The van der Waals surface area contributed by atoms with Crippen LogP contribution in [0.15, 0.2) is 0 Å². The summed E-state index contributed by atoms with van der Waals surface area (Å²) in [4.78, 5) is 25.5. The summed E-state index contributed by atoms with van der Waals surface area (Å²) in [6.45, 7) is 8.17.